The predicted octanol–water partition coefficient (Wildman–Crippen LogP) is 4.06. The lowest BCUT2D eigenvalue weighted by Crippen LogP contribution is -2.61. The van der Waals surface area contributed by atoms with Gasteiger partial charge in [-0.2, -0.15) is 0 Å². The summed E-state index contributed by atoms with van der Waals surface area (Å²) in [6.07, 6.45) is 6.43. The van der Waals surface area contributed by atoms with Crippen LogP contribution < -0.4 is 5.73 Å². The van der Waals surface area contributed by atoms with Gasteiger partial charge in [-0.25, -0.2) is 0 Å². The summed E-state index contributed by atoms with van der Waals surface area (Å²) in [4.78, 5) is 14.0. The molecule has 0 aromatic rings. The van der Waals surface area contributed by atoms with Crippen LogP contribution in [0.5, 0.6) is 0 Å². The lowest BCUT2D eigenvalue weighted by atomic mass is 9.78. The van der Waals surface area contributed by atoms with Crippen molar-refractivity contribution < 1.29 is 47.8 Å². The monoisotopic (exact) mass is 713 g/mol. The molecule has 10 heterocycles. The quantitative estimate of drug-likeness (QED) is 0.410. The van der Waals surface area contributed by atoms with Crippen molar-refractivity contribution in [2.45, 2.75) is 195 Å². The molecule has 0 aromatic carbocycles. The molecule has 10 saturated heterocycles. The molecule has 0 aromatic heterocycles. The molecule has 284 valence electrons. The average Bonchev–Trinajstić information content (AvgIpc) is 3.77. The van der Waals surface area contributed by atoms with Crippen molar-refractivity contribution in [3.8, 4) is 0 Å². The summed E-state index contributed by atoms with van der Waals surface area (Å²) in [7, 11) is 0. The zero-order valence-corrected chi connectivity index (χ0v) is 30.4. The highest BCUT2D eigenvalue weighted by atomic mass is 16.8. The van der Waals surface area contributed by atoms with Gasteiger partial charge in [0.05, 0.1) is 61.0 Å². The van der Waals surface area contributed by atoms with Crippen LogP contribution in [-0.2, 0) is 42.7 Å². The number of aliphatic hydroxyl groups is 1. The molecule has 10 rings (SSSR count). The van der Waals surface area contributed by atoms with E-state index in [1.54, 1.807) is 0 Å². The van der Waals surface area contributed by atoms with Crippen LogP contribution in [0.15, 0.2) is 24.3 Å². The molecule has 12 bridgehead atoms. The van der Waals surface area contributed by atoms with Crippen molar-refractivity contribution >= 4 is 5.78 Å². The van der Waals surface area contributed by atoms with Gasteiger partial charge >= 0.3 is 0 Å². The van der Waals surface area contributed by atoms with Crippen LogP contribution >= 0.6 is 0 Å². The first-order chi connectivity index (χ1) is 24.6. The van der Waals surface area contributed by atoms with E-state index in [9.17, 15) is 9.90 Å². The molecule has 0 aliphatic carbocycles. The molecule has 51 heavy (non-hydrogen) atoms. The summed E-state index contributed by atoms with van der Waals surface area (Å²) >= 11 is 0. The van der Waals surface area contributed by atoms with Crippen LogP contribution in [0.25, 0.3) is 0 Å². The maximum absolute atomic E-state index is 14.0. The number of Topliss-reactive ketones (excluding diaryl/α,β-unsaturated/α-hetero) is 1. The highest BCUT2D eigenvalue weighted by molar-refractivity contribution is 5.79. The first-order valence-electron chi connectivity index (χ1n) is 20.1. The molecule has 11 heteroatoms. The molecule has 10 fully saturated rings. The first-order valence-corrected chi connectivity index (χ1v) is 20.1. The molecule has 10 aliphatic rings. The first kappa shape index (κ1) is 35.5. The third-order valence-electron chi connectivity index (χ3n) is 14.2. The van der Waals surface area contributed by atoms with Crippen molar-refractivity contribution in [2.75, 3.05) is 6.54 Å². The third kappa shape index (κ3) is 6.53. The second-order valence-corrected chi connectivity index (χ2v) is 17.6. The molecule has 19 atom stereocenters. The molecular formula is C40H59NO10. The Bertz CT molecular complexity index is 1360. The summed E-state index contributed by atoms with van der Waals surface area (Å²) < 4.78 is 54.0. The van der Waals surface area contributed by atoms with Gasteiger partial charge in [-0.15, -0.1) is 0 Å². The predicted molar refractivity (Wildman–Crippen MR) is 185 cm³/mol. The molecule has 0 amide bonds. The van der Waals surface area contributed by atoms with Gasteiger partial charge in [-0.1, -0.05) is 27.0 Å². The Morgan fingerprint density at radius 2 is 1.51 bits per heavy atom. The minimum atomic E-state index is -0.765. The maximum Gasteiger partial charge on any atom is 0.172 e. The number of carbonyl (C=O) groups excluding carboxylic acids is 1. The fraction of sp³-hybridized carbons (Fsp3) is 0.875. The van der Waals surface area contributed by atoms with Gasteiger partial charge < -0.3 is 48.7 Å². The van der Waals surface area contributed by atoms with Crippen LogP contribution in [0.4, 0.5) is 0 Å². The Morgan fingerprint density at radius 1 is 0.765 bits per heavy atom. The number of hydrogen-bond donors (Lipinski definition) is 2. The van der Waals surface area contributed by atoms with E-state index in [1.807, 2.05) is 0 Å². The van der Waals surface area contributed by atoms with Crippen LogP contribution in [0.3, 0.4) is 0 Å². The Labute approximate surface area is 302 Å². The lowest BCUT2D eigenvalue weighted by molar-refractivity contribution is -0.292. The van der Waals surface area contributed by atoms with E-state index < -0.39 is 11.9 Å². The van der Waals surface area contributed by atoms with Gasteiger partial charge in [-0.3, -0.25) is 4.79 Å². The van der Waals surface area contributed by atoms with E-state index >= 15 is 0 Å². The Balaban J connectivity index is 0.986. The van der Waals surface area contributed by atoms with E-state index in [2.05, 4.69) is 27.0 Å². The normalized spacial score (nSPS) is 53.2. The SMILES string of the molecule is C=C1C[C@@H]2CC[C@@]34C[C@@H]5O[C@@H]6C(OC7CC[C@H](CC(=O)CC8C(CC9O[C@@H](CCC1O2)C[C@@H](C)C9=C)O[C@H](C[C@H](O)CN)[C@@H]8C)OC7[C@@H]6O3)[C@H]5O4. The summed E-state index contributed by atoms with van der Waals surface area (Å²) in [6, 6.07) is 0. The Hall–Kier alpha value is -1.25. The van der Waals surface area contributed by atoms with Gasteiger partial charge in [0.25, 0.3) is 0 Å². The summed E-state index contributed by atoms with van der Waals surface area (Å²) in [6.45, 7) is 13.5. The lowest BCUT2D eigenvalue weighted by Gasteiger charge is -2.47. The molecule has 10 aliphatic heterocycles. The largest absolute Gasteiger partial charge is 0.392 e. The van der Waals surface area contributed by atoms with E-state index in [1.165, 1.54) is 0 Å². The minimum absolute atomic E-state index is 0.00127. The Morgan fingerprint density at radius 3 is 2.35 bits per heavy atom. The molecule has 1 spiro atoms. The molecule has 11 nitrogen and oxygen atoms in total. The van der Waals surface area contributed by atoms with Gasteiger partial charge in [0, 0.05) is 45.1 Å². The fourth-order valence-corrected chi connectivity index (χ4v) is 11.3. The zero-order chi connectivity index (χ0) is 35.2. The Kier molecular flexibility index (Phi) is 9.59. The molecular weight excluding hydrogens is 654 g/mol. The van der Waals surface area contributed by atoms with E-state index in [0.717, 1.165) is 56.1 Å². The van der Waals surface area contributed by atoms with Gasteiger partial charge in [-0.05, 0) is 73.8 Å². The number of nitrogens with two attached hydrogens (primary N) is 1. The average molecular weight is 714 g/mol. The van der Waals surface area contributed by atoms with Gasteiger partial charge in [0.1, 0.15) is 36.3 Å². The number of carbonyl (C=O) groups is 1. The molecule has 3 N–H and O–H groups in total. The highest BCUT2D eigenvalue weighted by Gasteiger charge is 2.68. The van der Waals surface area contributed by atoms with Gasteiger partial charge in [0.15, 0.2) is 5.79 Å². The van der Waals surface area contributed by atoms with Crippen LogP contribution in [0.1, 0.15) is 97.3 Å². The highest BCUT2D eigenvalue weighted by Crippen LogP contribution is 2.54. The fourth-order valence-electron chi connectivity index (χ4n) is 11.3. The van der Waals surface area contributed by atoms with Crippen LogP contribution in [0, 0.1) is 17.8 Å². The molecule has 0 radical (unpaired) electrons. The maximum atomic E-state index is 14.0. The number of rotatable bonds is 3. The minimum Gasteiger partial charge on any atom is -0.392 e. The number of fused-ring (bicyclic) bond motifs is 6. The van der Waals surface area contributed by atoms with E-state index in [4.69, 9.17) is 43.6 Å². The van der Waals surface area contributed by atoms with E-state index in [-0.39, 0.29) is 110 Å². The molecule has 7 unspecified atom stereocenters. The summed E-state index contributed by atoms with van der Waals surface area (Å²) in [5.74, 6) is -0.222. The van der Waals surface area contributed by atoms with Crippen molar-refractivity contribution in [1.82, 2.24) is 0 Å². The van der Waals surface area contributed by atoms with Crippen molar-refractivity contribution in [1.29, 1.82) is 0 Å². The smallest absolute Gasteiger partial charge is 0.172 e. The van der Waals surface area contributed by atoms with Crippen LogP contribution in [0.2, 0.25) is 0 Å². The zero-order valence-electron chi connectivity index (χ0n) is 30.4. The topological polar surface area (TPSA) is 137 Å². The molecule has 0 saturated carbocycles. The number of aliphatic hydroxyl groups excluding tert-OH is 1. The van der Waals surface area contributed by atoms with Crippen molar-refractivity contribution in [3.63, 3.8) is 0 Å². The second-order valence-electron chi connectivity index (χ2n) is 17.6. The summed E-state index contributed by atoms with van der Waals surface area (Å²) in [5.41, 5.74) is 8.06. The second kappa shape index (κ2) is 13.8. The van der Waals surface area contributed by atoms with Gasteiger partial charge in [0.2, 0.25) is 0 Å². The third-order valence-corrected chi connectivity index (χ3v) is 14.2. The van der Waals surface area contributed by atoms with Crippen LogP contribution in [-0.4, -0.2) is 115 Å². The summed E-state index contributed by atoms with van der Waals surface area (Å²) in [5, 5.41) is 10.5. The number of ether oxygens (including phenoxy) is 8. The van der Waals surface area contributed by atoms with Crippen molar-refractivity contribution in [3.05, 3.63) is 24.3 Å². The van der Waals surface area contributed by atoms with E-state index in [0.29, 0.717) is 44.4 Å². The number of ketones is 1. The van der Waals surface area contributed by atoms with Crippen molar-refractivity contribution in [2.24, 2.45) is 23.5 Å². The number of hydrogen-bond acceptors (Lipinski definition) is 11. The standard InChI is InChI=1S/C40H59NO10/c1-19-11-25-5-7-29-20(2)12-27(44-29)9-10-40-17-34-36(50-40)37-38(49-34)39(51-40)35-30(48-37)8-6-26(46-35)13-23(42)14-28-22(4)31(15-24(43)18-41)47-33(28)16-32(45-25)21(19)3/h19,22,24-39,43H,2-3,5-18,41H2,1,4H3/t19-,22-,24+,25+,26-,27+,28?,29?,30?,31-,32?,33?,34+,35?,36+,37?,38-,39+,40+/m1/s1.